The van der Waals surface area contributed by atoms with Crippen molar-refractivity contribution >= 4 is 34.6 Å². The summed E-state index contributed by atoms with van der Waals surface area (Å²) in [7, 11) is 0. The summed E-state index contributed by atoms with van der Waals surface area (Å²) in [6.07, 6.45) is 6.39. The van der Waals surface area contributed by atoms with Gasteiger partial charge in [0.1, 0.15) is 0 Å². The molecule has 1 saturated carbocycles. The predicted octanol–water partition coefficient (Wildman–Crippen LogP) is 4.28. The van der Waals surface area contributed by atoms with Crippen molar-refractivity contribution < 1.29 is 4.74 Å². The van der Waals surface area contributed by atoms with Crippen molar-refractivity contribution in [2.24, 2.45) is 0 Å². The number of hydrogen-bond acceptors (Lipinski definition) is 3. The van der Waals surface area contributed by atoms with Crippen molar-refractivity contribution in [1.29, 1.82) is 0 Å². The highest BCUT2D eigenvalue weighted by molar-refractivity contribution is 7.80. The molecule has 6 heteroatoms. The Hall–Kier alpha value is -0.880. The first-order valence-corrected chi connectivity index (χ1v) is 10.4. The van der Waals surface area contributed by atoms with E-state index < -0.39 is 0 Å². The molecule has 1 heterocycles. The van der Waals surface area contributed by atoms with Crippen molar-refractivity contribution in [2.75, 3.05) is 38.2 Å². The van der Waals surface area contributed by atoms with Gasteiger partial charge in [0, 0.05) is 25.2 Å². The maximum atomic E-state index is 6.40. The van der Waals surface area contributed by atoms with E-state index in [9.17, 15) is 0 Å². The molecule has 3 rings (SSSR count). The summed E-state index contributed by atoms with van der Waals surface area (Å²) in [4.78, 5) is 2.62. The molecule has 144 valence electrons. The second-order valence-electron chi connectivity index (χ2n) is 7.63. The van der Waals surface area contributed by atoms with Crippen LogP contribution < -0.4 is 10.6 Å². The molecular weight excluding hydrogens is 366 g/mol. The van der Waals surface area contributed by atoms with Crippen molar-refractivity contribution in [1.82, 2.24) is 10.2 Å². The third-order valence-electron chi connectivity index (χ3n) is 5.71. The van der Waals surface area contributed by atoms with Crippen molar-refractivity contribution in [3.8, 4) is 0 Å². The third kappa shape index (κ3) is 4.69. The summed E-state index contributed by atoms with van der Waals surface area (Å²) in [5, 5.41) is 8.16. The fourth-order valence-electron chi connectivity index (χ4n) is 4.33. The largest absolute Gasteiger partial charge is 0.379 e. The number of anilines is 1. The van der Waals surface area contributed by atoms with E-state index in [0.29, 0.717) is 10.1 Å². The first kappa shape index (κ1) is 19.9. The Labute approximate surface area is 167 Å². The lowest BCUT2D eigenvalue weighted by atomic mass is 9.80. The summed E-state index contributed by atoms with van der Waals surface area (Å²) >= 11 is 12.0. The summed E-state index contributed by atoms with van der Waals surface area (Å²) in [6.45, 7) is 8.69. The molecule has 2 fully saturated rings. The Kier molecular flexibility index (Phi) is 6.78. The van der Waals surface area contributed by atoms with Gasteiger partial charge in [0.25, 0.3) is 0 Å². The van der Waals surface area contributed by atoms with E-state index in [4.69, 9.17) is 28.6 Å². The summed E-state index contributed by atoms with van der Waals surface area (Å²) < 4.78 is 5.56. The zero-order chi connectivity index (χ0) is 18.6. The molecule has 4 nitrogen and oxygen atoms in total. The minimum atomic E-state index is 0.194. The topological polar surface area (TPSA) is 36.5 Å². The number of ether oxygens (including phenoxy) is 1. The zero-order valence-corrected chi connectivity index (χ0v) is 17.4. The van der Waals surface area contributed by atoms with Crippen LogP contribution in [0.3, 0.4) is 0 Å². The van der Waals surface area contributed by atoms with Gasteiger partial charge in [0.2, 0.25) is 0 Å². The van der Waals surface area contributed by atoms with E-state index in [2.05, 4.69) is 28.5 Å². The van der Waals surface area contributed by atoms with Crippen LogP contribution in [-0.2, 0) is 4.74 Å². The molecule has 1 aliphatic heterocycles. The second-order valence-corrected chi connectivity index (χ2v) is 8.45. The molecule has 1 aromatic rings. The van der Waals surface area contributed by atoms with E-state index in [-0.39, 0.29) is 5.54 Å². The lowest BCUT2D eigenvalue weighted by Gasteiger charge is -2.48. The Morgan fingerprint density at radius 3 is 2.54 bits per heavy atom. The van der Waals surface area contributed by atoms with Crippen LogP contribution in [-0.4, -0.2) is 48.4 Å². The van der Waals surface area contributed by atoms with Crippen molar-refractivity contribution in [3.05, 3.63) is 28.3 Å². The third-order valence-corrected chi connectivity index (χ3v) is 6.26. The van der Waals surface area contributed by atoms with Gasteiger partial charge in [-0.2, -0.15) is 0 Å². The number of aryl methyl sites for hydroxylation is 2. The highest BCUT2D eigenvalue weighted by atomic mass is 35.5. The van der Waals surface area contributed by atoms with E-state index in [0.717, 1.165) is 49.7 Å². The van der Waals surface area contributed by atoms with E-state index in [1.165, 1.54) is 32.1 Å². The Morgan fingerprint density at radius 2 is 1.88 bits per heavy atom. The van der Waals surface area contributed by atoms with Crippen LogP contribution in [0.25, 0.3) is 0 Å². The van der Waals surface area contributed by atoms with Gasteiger partial charge in [-0.1, -0.05) is 36.9 Å². The van der Waals surface area contributed by atoms with Gasteiger partial charge in [0.15, 0.2) is 5.11 Å². The van der Waals surface area contributed by atoms with Gasteiger partial charge in [-0.05, 0) is 56.1 Å². The summed E-state index contributed by atoms with van der Waals surface area (Å²) in [6, 6.07) is 4.09. The predicted molar refractivity (Wildman–Crippen MR) is 113 cm³/mol. The van der Waals surface area contributed by atoms with Crippen LogP contribution in [0.2, 0.25) is 5.02 Å². The minimum absolute atomic E-state index is 0.194. The number of morpholine rings is 1. The fraction of sp³-hybridized carbons (Fsp3) is 0.650. The summed E-state index contributed by atoms with van der Waals surface area (Å²) in [5.74, 6) is 0. The summed E-state index contributed by atoms with van der Waals surface area (Å²) in [5.41, 5.74) is 3.36. The highest BCUT2D eigenvalue weighted by Gasteiger charge is 2.38. The lowest BCUT2D eigenvalue weighted by Crippen LogP contribution is -2.60. The number of nitrogens with one attached hydrogen (secondary N) is 2. The second kappa shape index (κ2) is 8.87. The molecule has 0 bridgehead atoms. The molecule has 2 aliphatic rings. The molecule has 1 aliphatic carbocycles. The molecule has 26 heavy (non-hydrogen) atoms. The molecule has 0 spiro atoms. The van der Waals surface area contributed by atoms with Crippen LogP contribution in [0.5, 0.6) is 0 Å². The lowest BCUT2D eigenvalue weighted by molar-refractivity contribution is -0.0351. The molecule has 0 unspecified atom stereocenters. The monoisotopic (exact) mass is 395 g/mol. The maximum Gasteiger partial charge on any atom is 0.170 e. The Bertz CT molecular complexity index is 617. The average Bonchev–Trinajstić information content (AvgIpc) is 2.64. The highest BCUT2D eigenvalue weighted by Crippen LogP contribution is 2.34. The molecule has 0 aromatic heterocycles. The first-order valence-electron chi connectivity index (χ1n) is 9.65. The number of halogens is 1. The average molecular weight is 396 g/mol. The minimum Gasteiger partial charge on any atom is -0.379 e. The van der Waals surface area contributed by atoms with Crippen LogP contribution in [0.4, 0.5) is 5.69 Å². The maximum absolute atomic E-state index is 6.40. The van der Waals surface area contributed by atoms with Crippen molar-refractivity contribution in [2.45, 2.75) is 51.5 Å². The smallest absolute Gasteiger partial charge is 0.170 e. The molecule has 0 amide bonds. The van der Waals surface area contributed by atoms with Gasteiger partial charge in [-0.3, -0.25) is 4.90 Å². The van der Waals surface area contributed by atoms with Crippen LogP contribution >= 0.6 is 23.8 Å². The van der Waals surface area contributed by atoms with Crippen LogP contribution in [0.1, 0.15) is 43.2 Å². The quantitative estimate of drug-likeness (QED) is 0.744. The Morgan fingerprint density at radius 1 is 1.19 bits per heavy atom. The van der Waals surface area contributed by atoms with Crippen molar-refractivity contribution in [3.63, 3.8) is 0 Å². The standard InChI is InChI=1S/C20H30ClN3OS/c1-15-12-16(2)18(17(21)13-15)23-19(26)22-14-20(6-4-3-5-7-20)24-8-10-25-11-9-24/h12-13H,3-11,14H2,1-2H3,(H2,22,23,26). The molecule has 1 aromatic carbocycles. The SMILES string of the molecule is Cc1cc(C)c(NC(=S)NCC2(N3CCOCC3)CCCCC2)c(Cl)c1. The van der Waals surface area contributed by atoms with Gasteiger partial charge >= 0.3 is 0 Å². The number of nitrogens with zero attached hydrogens (tertiary/aromatic N) is 1. The van der Waals surface area contributed by atoms with Crippen LogP contribution in [0, 0.1) is 13.8 Å². The number of benzene rings is 1. The van der Waals surface area contributed by atoms with E-state index >= 15 is 0 Å². The van der Waals surface area contributed by atoms with Gasteiger partial charge < -0.3 is 15.4 Å². The van der Waals surface area contributed by atoms with Crippen LogP contribution in [0.15, 0.2) is 12.1 Å². The molecule has 0 atom stereocenters. The molecular formula is C20H30ClN3OS. The molecule has 1 saturated heterocycles. The first-order chi connectivity index (χ1) is 12.5. The van der Waals surface area contributed by atoms with Gasteiger partial charge in [0.05, 0.1) is 23.9 Å². The fourth-order valence-corrected chi connectivity index (χ4v) is 4.87. The molecule has 0 radical (unpaired) electrons. The number of hydrogen-bond donors (Lipinski definition) is 2. The van der Waals surface area contributed by atoms with Gasteiger partial charge in [-0.25, -0.2) is 0 Å². The molecule has 2 N–H and O–H groups in total. The number of rotatable bonds is 4. The Balaban J connectivity index is 1.64. The normalized spacial score (nSPS) is 20.6. The number of thiocarbonyl (C=S) groups is 1. The van der Waals surface area contributed by atoms with Gasteiger partial charge in [-0.15, -0.1) is 0 Å². The zero-order valence-electron chi connectivity index (χ0n) is 15.9. The van der Waals surface area contributed by atoms with E-state index in [1.807, 2.05) is 13.0 Å². The van der Waals surface area contributed by atoms with E-state index in [1.54, 1.807) is 0 Å².